The number of methoxy groups -OCH3 is 1. The predicted molar refractivity (Wildman–Crippen MR) is 109 cm³/mol. The van der Waals surface area contributed by atoms with Gasteiger partial charge in [0.15, 0.2) is 5.96 Å². The van der Waals surface area contributed by atoms with Crippen LogP contribution in [0.2, 0.25) is 0 Å². The van der Waals surface area contributed by atoms with Crippen LogP contribution in [0.1, 0.15) is 41.6 Å². The van der Waals surface area contributed by atoms with Gasteiger partial charge < -0.3 is 24.1 Å². The Morgan fingerprint density at radius 1 is 1.46 bits per heavy atom. The summed E-state index contributed by atoms with van der Waals surface area (Å²) in [7, 11) is 1.37. The minimum atomic E-state index is -0.383. The SMILES string of the molecule is CCNC(=NCc1cc(C(=O)OC)c(C)o1)N1CCC2(CCOC2)C1.I. The predicted octanol–water partition coefficient (Wildman–Crippen LogP) is 2.57. The fourth-order valence-corrected chi connectivity index (χ4v) is 3.60. The third-order valence-electron chi connectivity index (χ3n) is 5.02. The molecule has 3 rings (SSSR count). The van der Waals surface area contributed by atoms with Gasteiger partial charge in [-0.3, -0.25) is 0 Å². The lowest BCUT2D eigenvalue weighted by atomic mass is 9.87. The Hall–Kier alpha value is -1.29. The number of likely N-dealkylation sites (tertiary alicyclic amines) is 1. The number of nitrogens with one attached hydrogen (secondary N) is 1. The molecule has 3 heterocycles. The number of ether oxygens (including phenoxy) is 2. The van der Waals surface area contributed by atoms with E-state index in [0.717, 1.165) is 51.6 Å². The summed E-state index contributed by atoms with van der Waals surface area (Å²) >= 11 is 0. The van der Waals surface area contributed by atoms with Gasteiger partial charge in [-0.2, -0.15) is 0 Å². The van der Waals surface area contributed by atoms with E-state index in [-0.39, 0.29) is 35.4 Å². The van der Waals surface area contributed by atoms with Gasteiger partial charge in [0.1, 0.15) is 23.6 Å². The second-order valence-electron chi connectivity index (χ2n) is 6.82. The number of guanidine groups is 1. The van der Waals surface area contributed by atoms with Crippen molar-refractivity contribution in [2.24, 2.45) is 10.4 Å². The minimum Gasteiger partial charge on any atom is -0.465 e. The van der Waals surface area contributed by atoms with Crippen LogP contribution < -0.4 is 5.32 Å². The van der Waals surface area contributed by atoms with E-state index >= 15 is 0 Å². The third-order valence-corrected chi connectivity index (χ3v) is 5.02. The number of aryl methyl sites for hydroxylation is 1. The minimum absolute atomic E-state index is 0. The Morgan fingerprint density at radius 2 is 2.27 bits per heavy atom. The standard InChI is InChI=1S/C18H27N3O4.HI/c1-4-19-17(21-7-5-18(11-21)6-8-24-12-18)20-10-14-9-15(13(2)25-14)16(22)23-3;/h9H,4-8,10-12H2,1-3H3,(H,19,20);1H. The van der Waals surface area contributed by atoms with Crippen LogP contribution in [0.3, 0.4) is 0 Å². The number of rotatable bonds is 4. The van der Waals surface area contributed by atoms with Crippen LogP contribution >= 0.6 is 24.0 Å². The molecule has 1 aromatic rings. The zero-order chi connectivity index (χ0) is 17.9. The molecular weight excluding hydrogens is 449 g/mol. The number of carbonyl (C=O) groups excluding carboxylic acids is 1. The van der Waals surface area contributed by atoms with Crippen LogP contribution in [-0.4, -0.2) is 56.8 Å². The Kier molecular flexibility index (Phi) is 7.33. The average Bonchev–Trinajstić information content (AvgIpc) is 3.33. The molecule has 2 aliphatic rings. The Bertz CT molecular complexity index is 653. The van der Waals surface area contributed by atoms with Crippen molar-refractivity contribution in [3.8, 4) is 0 Å². The topological polar surface area (TPSA) is 76.3 Å². The van der Waals surface area contributed by atoms with E-state index in [0.29, 0.717) is 23.6 Å². The smallest absolute Gasteiger partial charge is 0.341 e. The van der Waals surface area contributed by atoms with Crippen LogP contribution in [0.4, 0.5) is 0 Å². The summed E-state index contributed by atoms with van der Waals surface area (Å²) in [6, 6.07) is 1.71. The van der Waals surface area contributed by atoms with Crippen molar-refractivity contribution in [3.63, 3.8) is 0 Å². The fourth-order valence-electron chi connectivity index (χ4n) is 3.60. The first kappa shape index (κ1) is 21.0. The van der Waals surface area contributed by atoms with Gasteiger partial charge in [-0.1, -0.05) is 0 Å². The number of esters is 1. The van der Waals surface area contributed by atoms with Gasteiger partial charge in [0, 0.05) is 31.7 Å². The molecule has 26 heavy (non-hydrogen) atoms. The molecule has 0 amide bonds. The van der Waals surface area contributed by atoms with Crippen molar-refractivity contribution in [2.75, 3.05) is 40.0 Å². The van der Waals surface area contributed by atoms with Gasteiger partial charge in [0.25, 0.3) is 0 Å². The van der Waals surface area contributed by atoms with Crippen molar-refractivity contribution in [1.29, 1.82) is 0 Å². The lowest BCUT2D eigenvalue weighted by molar-refractivity contribution is 0.0599. The van der Waals surface area contributed by atoms with E-state index < -0.39 is 0 Å². The number of furan rings is 1. The zero-order valence-corrected chi connectivity index (χ0v) is 18.0. The maximum Gasteiger partial charge on any atom is 0.341 e. The molecule has 2 fully saturated rings. The normalized spacial score (nSPS) is 22.6. The maximum absolute atomic E-state index is 11.7. The van der Waals surface area contributed by atoms with E-state index in [1.54, 1.807) is 13.0 Å². The van der Waals surface area contributed by atoms with Crippen molar-refractivity contribution in [3.05, 3.63) is 23.2 Å². The molecule has 1 N–H and O–H groups in total. The number of nitrogens with zero attached hydrogens (tertiary/aromatic N) is 2. The second kappa shape index (κ2) is 9.07. The molecule has 8 heteroatoms. The van der Waals surface area contributed by atoms with Crippen LogP contribution in [0, 0.1) is 12.3 Å². The molecule has 1 unspecified atom stereocenters. The van der Waals surface area contributed by atoms with Gasteiger partial charge in [-0.05, 0) is 32.8 Å². The van der Waals surface area contributed by atoms with E-state index in [9.17, 15) is 4.79 Å². The van der Waals surface area contributed by atoms with Crippen molar-refractivity contribution in [2.45, 2.75) is 33.2 Å². The zero-order valence-electron chi connectivity index (χ0n) is 15.7. The molecule has 1 aromatic heterocycles. The highest BCUT2D eigenvalue weighted by atomic mass is 127. The highest BCUT2D eigenvalue weighted by Crippen LogP contribution is 2.38. The molecule has 2 saturated heterocycles. The Labute approximate surface area is 171 Å². The first-order valence-electron chi connectivity index (χ1n) is 8.85. The van der Waals surface area contributed by atoms with Crippen molar-refractivity contribution in [1.82, 2.24) is 10.2 Å². The first-order valence-corrected chi connectivity index (χ1v) is 8.85. The van der Waals surface area contributed by atoms with E-state index in [2.05, 4.69) is 17.1 Å². The lowest BCUT2D eigenvalue weighted by Crippen LogP contribution is -2.41. The molecule has 146 valence electrons. The highest BCUT2D eigenvalue weighted by Gasteiger charge is 2.42. The number of aliphatic imine (C=N–C) groups is 1. The molecule has 0 saturated carbocycles. The molecular formula is C18H28IN3O4. The Balaban J connectivity index is 0.00000243. The fraction of sp³-hybridized carbons (Fsp3) is 0.667. The van der Waals surface area contributed by atoms with Crippen LogP contribution in [0.15, 0.2) is 15.5 Å². The Morgan fingerprint density at radius 3 is 2.92 bits per heavy atom. The van der Waals surface area contributed by atoms with Crippen molar-refractivity contribution >= 4 is 35.9 Å². The molecule has 7 nitrogen and oxygen atoms in total. The molecule has 2 aliphatic heterocycles. The van der Waals surface area contributed by atoms with E-state index in [4.69, 9.17) is 18.9 Å². The first-order chi connectivity index (χ1) is 12.1. The monoisotopic (exact) mass is 477 g/mol. The molecule has 0 aliphatic carbocycles. The highest BCUT2D eigenvalue weighted by molar-refractivity contribution is 14.0. The lowest BCUT2D eigenvalue weighted by Gasteiger charge is -2.24. The summed E-state index contributed by atoms with van der Waals surface area (Å²) in [6.45, 7) is 8.69. The van der Waals surface area contributed by atoms with E-state index in [1.165, 1.54) is 7.11 Å². The van der Waals surface area contributed by atoms with Gasteiger partial charge in [-0.15, -0.1) is 24.0 Å². The van der Waals surface area contributed by atoms with Gasteiger partial charge in [0.05, 0.1) is 13.7 Å². The van der Waals surface area contributed by atoms with Gasteiger partial charge in [-0.25, -0.2) is 9.79 Å². The summed E-state index contributed by atoms with van der Waals surface area (Å²) < 4.78 is 16.0. The molecule has 0 aromatic carbocycles. The summed E-state index contributed by atoms with van der Waals surface area (Å²) in [5, 5.41) is 3.36. The van der Waals surface area contributed by atoms with E-state index in [1.807, 2.05) is 0 Å². The van der Waals surface area contributed by atoms with Crippen LogP contribution in [-0.2, 0) is 16.0 Å². The van der Waals surface area contributed by atoms with Crippen LogP contribution in [0.5, 0.6) is 0 Å². The molecule has 1 spiro atoms. The second-order valence-corrected chi connectivity index (χ2v) is 6.82. The van der Waals surface area contributed by atoms with Gasteiger partial charge in [0.2, 0.25) is 0 Å². The number of carbonyl (C=O) groups is 1. The van der Waals surface area contributed by atoms with Gasteiger partial charge >= 0.3 is 5.97 Å². The number of halogens is 1. The summed E-state index contributed by atoms with van der Waals surface area (Å²) in [4.78, 5) is 18.7. The quantitative estimate of drug-likeness (QED) is 0.311. The summed E-state index contributed by atoms with van der Waals surface area (Å²) in [5.74, 6) is 1.72. The number of hydrogen-bond donors (Lipinski definition) is 1. The summed E-state index contributed by atoms with van der Waals surface area (Å²) in [6.07, 6.45) is 2.27. The average molecular weight is 477 g/mol. The summed E-state index contributed by atoms with van der Waals surface area (Å²) in [5.41, 5.74) is 0.746. The molecule has 0 radical (unpaired) electrons. The maximum atomic E-state index is 11.7. The molecule has 0 bridgehead atoms. The molecule has 1 atom stereocenters. The third kappa shape index (κ3) is 4.51. The largest absolute Gasteiger partial charge is 0.465 e. The number of hydrogen-bond acceptors (Lipinski definition) is 5. The van der Waals surface area contributed by atoms with Crippen molar-refractivity contribution < 1.29 is 18.7 Å². The van der Waals surface area contributed by atoms with Crippen LogP contribution in [0.25, 0.3) is 0 Å².